The molecule has 1 saturated heterocycles. The number of nitrogens with one attached hydrogen (secondary N) is 1. The van der Waals surface area contributed by atoms with Crippen LogP contribution in [0.4, 0.5) is 0 Å². The van der Waals surface area contributed by atoms with Crippen molar-refractivity contribution in [2.24, 2.45) is 10.8 Å². The van der Waals surface area contributed by atoms with E-state index in [-0.39, 0.29) is 0 Å². The third-order valence-electron chi connectivity index (χ3n) is 4.71. The molecule has 0 aromatic rings. The summed E-state index contributed by atoms with van der Waals surface area (Å²) >= 11 is 0. The van der Waals surface area contributed by atoms with Crippen LogP contribution in [0, 0.1) is 10.8 Å². The topological polar surface area (TPSA) is 15.3 Å². The second-order valence-electron chi connectivity index (χ2n) is 8.12. The Morgan fingerprint density at radius 3 is 1.94 bits per heavy atom. The van der Waals surface area contributed by atoms with Crippen LogP contribution >= 0.6 is 0 Å². The first-order valence-corrected chi connectivity index (χ1v) is 7.79. The van der Waals surface area contributed by atoms with Gasteiger partial charge in [-0.3, -0.25) is 4.90 Å². The van der Waals surface area contributed by atoms with Crippen LogP contribution in [0.25, 0.3) is 0 Å². The van der Waals surface area contributed by atoms with Crippen LogP contribution in [0.3, 0.4) is 0 Å². The summed E-state index contributed by atoms with van der Waals surface area (Å²) in [5.74, 6) is 0. The summed E-state index contributed by atoms with van der Waals surface area (Å²) in [6, 6.07) is 1.61. The molecule has 1 aliphatic carbocycles. The molecule has 0 aromatic carbocycles. The van der Waals surface area contributed by atoms with Gasteiger partial charge in [-0.05, 0) is 43.1 Å². The molecular weight excluding hydrogens is 220 g/mol. The Balaban J connectivity index is 2.08. The van der Waals surface area contributed by atoms with Crippen LogP contribution in [0.5, 0.6) is 0 Å². The molecule has 0 atom stereocenters. The first-order chi connectivity index (χ1) is 8.33. The number of rotatable bonds is 4. The fraction of sp³-hybridized carbons (Fsp3) is 1.00. The molecule has 2 fully saturated rings. The molecule has 1 aliphatic heterocycles. The molecule has 1 saturated carbocycles. The van der Waals surface area contributed by atoms with Gasteiger partial charge in [-0.1, -0.05) is 34.6 Å². The molecule has 1 N–H and O–H groups in total. The molecule has 18 heavy (non-hydrogen) atoms. The van der Waals surface area contributed by atoms with E-state index in [1.807, 2.05) is 0 Å². The maximum Gasteiger partial charge on any atom is 0.0348 e. The largest absolute Gasteiger partial charge is 0.314 e. The van der Waals surface area contributed by atoms with Crippen molar-refractivity contribution >= 4 is 0 Å². The Hall–Kier alpha value is -0.0800. The van der Waals surface area contributed by atoms with Gasteiger partial charge in [0.15, 0.2) is 0 Å². The number of nitrogens with zero attached hydrogens (tertiary/aromatic N) is 1. The van der Waals surface area contributed by atoms with Gasteiger partial charge in [0.25, 0.3) is 0 Å². The predicted octanol–water partition coefficient (Wildman–Crippen LogP) is 3.28. The fourth-order valence-electron chi connectivity index (χ4n) is 4.45. The van der Waals surface area contributed by atoms with Crippen molar-refractivity contribution in [1.29, 1.82) is 0 Å². The van der Waals surface area contributed by atoms with Crippen molar-refractivity contribution < 1.29 is 0 Å². The lowest BCUT2D eigenvalue weighted by Crippen LogP contribution is -2.61. The smallest absolute Gasteiger partial charge is 0.0348 e. The van der Waals surface area contributed by atoms with Crippen molar-refractivity contribution in [3.8, 4) is 0 Å². The van der Waals surface area contributed by atoms with Crippen molar-refractivity contribution in [1.82, 2.24) is 10.2 Å². The van der Waals surface area contributed by atoms with E-state index in [1.165, 1.54) is 45.3 Å². The Morgan fingerprint density at radius 2 is 1.56 bits per heavy atom. The second kappa shape index (κ2) is 5.13. The van der Waals surface area contributed by atoms with E-state index in [2.05, 4.69) is 44.8 Å². The minimum Gasteiger partial charge on any atom is -0.314 e. The molecule has 2 heteroatoms. The quantitative estimate of drug-likeness (QED) is 0.826. The lowest BCUT2D eigenvalue weighted by atomic mass is 9.63. The van der Waals surface area contributed by atoms with Gasteiger partial charge in [0.2, 0.25) is 0 Å². The molecule has 0 bridgehead atoms. The zero-order chi connectivity index (χ0) is 13.4. The van der Waals surface area contributed by atoms with Crippen LogP contribution in [0.2, 0.25) is 0 Å². The molecule has 106 valence electrons. The van der Waals surface area contributed by atoms with Gasteiger partial charge in [-0.2, -0.15) is 0 Å². The average Bonchev–Trinajstić information content (AvgIpc) is 2.09. The van der Waals surface area contributed by atoms with Crippen LogP contribution in [-0.4, -0.2) is 36.6 Å². The molecule has 0 aromatic heterocycles. The third-order valence-corrected chi connectivity index (χ3v) is 4.71. The van der Waals surface area contributed by atoms with Crippen molar-refractivity contribution in [3.63, 3.8) is 0 Å². The molecule has 2 nitrogen and oxygen atoms in total. The lowest BCUT2D eigenvalue weighted by molar-refractivity contribution is -0.00689. The first kappa shape index (κ1) is 14.3. The highest BCUT2D eigenvalue weighted by Gasteiger charge is 2.42. The third kappa shape index (κ3) is 3.27. The average molecular weight is 252 g/mol. The first-order valence-electron chi connectivity index (χ1n) is 7.79. The minimum atomic E-state index is 0.510. The summed E-state index contributed by atoms with van der Waals surface area (Å²) in [5.41, 5.74) is 1.02. The lowest BCUT2D eigenvalue weighted by Gasteiger charge is -2.52. The summed E-state index contributed by atoms with van der Waals surface area (Å²) in [5, 5.41) is 3.44. The van der Waals surface area contributed by atoms with Gasteiger partial charge in [0.1, 0.15) is 0 Å². The molecule has 0 spiro atoms. The van der Waals surface area contributed by atoms with Gasteiger partial charge in [-0.25, -0.2) is 0 Å². The maximum absolute atomic E-state index is 3.44. The number of hydrogen-bond donors (Lipinski definition) is 1. The fourth-order valence-corrected chi connectivity index (χ4v) is 4.45. The maximum atomic E-state index is 3.44. The number of hydrogen-bond acceptors (Lipinski definition) is 2. The molecule has 2 rings (SSSR count). The van der Waals surface area contributed by atoms with E-state index < -0.39 is 0 Å². The van der Waals surface area contributed by atoms with E-state index in [9.17, 15) is 0 Å². The van der Waals surface area contributed by atoms with Crippen molar-refractivity contribution in [2.45, 2.75) is 72.4 Å². The molecule has 0 unspecified atom stereocenters. The monoisotopic (exact) mass is 252 g/mol. The normalized spacial score (nSPS) is 28.3. The van der Waals surface area contributed by atoms with E-state index in [0.717, 1.165) is 12.1 Å². The van der Waals surface area contributed by atoms with Crippen LogP contribution < -0.4 is 5.32 Å². The SMILES string of the molecule is CCCN(C1CNC1)C1CC(C)(C)CC(C)(C)C1. The van der Waals surface area contributed by atoms with Crippen LogP contribution in [0.15, 0.2) is 0 Å². The summed E-state index contributed by atoms with van der Waals surface area (Å²) in [7, 11) is 0. The van der Waals surface area contributed by atoms with Crippen LogP contribution in [0.1, 0.15) is 60.3 Å². The highest BCUT2D eigenvalue weighted by molar-refractivity contribution is 4.97. The molecular formula is C16H32N2. The molecule has 1 heterocycles. The Kier molecular flexibility index (Phi) is 4.08. The molecule has 0 radical (unpaired) electrons. The van der Waals surface area contributed by atoms with Gasteiger partial charge in [-0.15, -0.1) is 0 Å². The van der Waals surface area contributed by atoms with Crippen LogP contribution in [-0.2, 0) is 0 Å². The minimum absolute atomic E-state index is 0.510. The van der Waals surface area contributed by atoms with E-state index in [1.54, 1.807) is 0 Å². The second-order valence-corrected chi connectivity index (χ2v) is 8.12. The molecule has 2 aliphatic rings. The highest BCUT2D eigenvalue weighted by atomic mass is 15.3. The molecule has 0 amide bonds. The van der Waals surface area contributed by atoms with E-state index >= 15 is 0 Å². The van der Waals surface area contributed by atoms with Gasteiger partial charge >= 0.3 is 0 Å². The standard InChI is InChI=1S/C16H32N2/c1-6-7-18(14-10-17-11-14)13-8-15(2,3)12-16(4,5)9-13/h13-14,17H,6-12H2,1-5H3. The van der Waals surface area contributed by atoms with Crippen molar-refractivity contribution in [2.75, 3.05) is 19.6 Å². The summed E-state index contributed by atoms with van der Waals surface area (Å²) in [6.07, 6.45) is 5.42. The highest BCUT2D eigenvalue weighted by Crippen LogP contribution is 2.47. The van der Waals surface area contributed by atoms with Gasteiger partial charge in [0, 0.05) is 25.2 Å². The van der Waals surface area contributed by atoms with E-state index in [4.69, 9.17) is 0 Å². The Labute approximate surface area is 114 Å². The zero-order valence-corrected chi connectivity index (χ0v) is 13.1. The predicted molar refractivity (Wildman–Crippen MR) is 78.9 cm³/mol. The Morgan fingerprint density at radius 1 is 1.00 bits per heavy atom. The summed E-state index contributed by atoms with van der Waals surface area (Å²) in [6.45, 7) is 15.9. The summed E-state index contributed by atoms with van der Waals surface area (Å²) in [4.78, 5) is 2.82. The van der Waals surface area contributed by atoms with Crippen molar-refractivity contribution in [3.05, 3.63) is 0 Å². The zero-order valence-electron chi connectivity index (χ0n) is 13.1. The van der Waals surface area contributed by atoms with Gasteiger partial charge < -0.3 is 5.32 Å². The van der Waals surface area contributed by atoms with E-state index in [0.29, 0.717) is 10.8 Å². The Bertz CT molecular complexity index is 263. The van der Waals surface area contributed by atoms with Gasteiger partial charge in [0.05, 0.1) is 0 Å². The summed E-state index contributed by atoms with van der Waals surface area (Å²) < 4.78 is 0.